The van der Waals surface area contributed by atoms with Crippen molar-refractivity contribution in [2.75, 3.05) is 12.4 Å². The number of carbonyl (C=O) groups is 1. The molecule has 4 nitrogen and oxygen atoms in total. The number of hydrogen-bond donors (Lipinski definition) is 1. The van der Waals surface area contributed by atoms with Crippen LogP contribution in [0.1, 0.15) is 48.7 Å². The van der Waals surface area contributed by atoms with Crippen molar-refractivity contribution in [2.24, 2.45) is 0 Å². The number of rotatable bonds is 10. The Hall–Kier alpha value is -3.15. The number of aryl methyl sites for hydroxylation is 1. The lowest BCUT2D eigenvalue weighted by molar-refractivity contribution is 0.0588. The lowest BCUT2D eigenvalue weighted by atomic mass is 10.1. The Morgan fingerprint density at radius 3 is 2.32 bits per heavy atom. The van der Waals surface area contributed by atoms with E-state index < -0.39 is 11.6 Å². The maximum atomic E-state index is 13.3. The second kappa shape index (κ2) is 10.8. The summed E-state index contributed by atoms with van der Waals surface area (Å²) in [6.45, 7) is 3.26. The third kappa shape index (κ3) is 6.17. The second-order valence-corrected chi connectivity index (χ2v) is 7.57. The van der Waals surface area contributed by atoms with Crippen molar-refractivity contribution in [3.8, 4) is 11.1 Å². The highest BCUT2D eigenvalue weighted by molar-refractivity contribution is 5.89. The molecule has 0 radical (unpaired) electrons. The van der Waals surface area contributed by atoms with Gasteiger partial charge in [-0.2, -0.15) is 0 Å². The molecule has 0 unspecified atom stereocenters. The molecule has 31 heavy (non-hydrogen) atoms. The van der Waals surface area contributed by atoms with Crippen LogP contribution < -0.4 is 5.32 Å². The summed E-state index contributed by atoms with van der Waals surface area (Å²) >= 11 is 0. The van der Waals surface area contributed by atoms with Crippen molar-refractivity contribution in [3.05, 3.63) is 77.6 Å². The smallest absolute Gasteiger partial charge is 0.354 e. The summed E-state index contributed by atoms with van der Waals surface area (Å²) in [4.78, 5) is 12.2. The fraction of sp³-hybridized carbons (Fsp3) is 0.320. The van der Waals surface area contributed by atoms with Gasteiger partial charge in [-0.15, -0.1) is 0 Å². The zero-order valence-electron chi connectivity index (χ0n) is 18.0. The Bertz CT molecular complexity index is 993. The molecule has 2 aromatic carbocycles. The molecule has 0 aliphatic carbocycles. The highest BCUT2D eigenvalue weighted by Crippen LogP contribution is 2.25. The highest BCUT2D eigenvalue weighted by atomic mass is 19.1. The van der Waals surface area contributed by atoms with Crippen molar-refractivity contribution < 1.29 is 18.3 Å². The lowest BCUT2D eigenvalue weighted by Gasteiger charge is -2.08. The average molecular weight is 427 g/mol. The third-order valence-corrected chi connectivity index (χ3v) is 5.18. The molecular formula is C25H28F2N2O2. The lowest BCUT2D eigenvalue weighted by Crippen LogP contribution is -2.10. The molecule has 0 fully saturated rings. The largest absolute Gasteiger partial charge is 0.464 e. The number of carbonyl (C=O) groups excluding carboxylic acids is 1. The van der Waals surface area contributed by atoms with E-state index in [2.05, 4.69) is 12.2 Å². The maximum Gasteiger partial charge on any atom is 0.354 e. The van der Waals surface area contributed by atoms with Gasteiger partial charge in [0.1, 0.15) is 17.3 Å². The van der Waals surface area contributed by atoms with Crippen LogP contribution in [0, 0.1) is 11.6 Å². The van der Waals surface area contributed by atoms with Gasteiger partial charge >= 0.3 is 5.97 Å². The van der Waals surface area contributed by atoms with Crippen LogP contribution in [0.2, 0.25) is 0 Å². The van der Waals surface area contributed by atoms with Crippen LogP contribution in [-0.4, -0.2) is 17.6 Å². The monoisotopic (exact) mass is 426 g/mol. The van der Waals surface area contributed by atoms with E-state index in [1.807, 2.05) is 41.1 Å². The Morgan fingerprint density at radius 1 is 0.968 bits per heavy atom. The number of unbranched alkanes of at least 4 members (excludes halogenated alkanes) is 3. The molecule has 3 rings (SSSR count). The van der Waals surface area contributed by atoms with E-state index >= 15 is 0 Å². The maximum absolute atomic E-state index is 13.3. The van der Waals surface area contributed by atoms with Gasteiger partial charge < -0.3 is 14.6 Å². The van der Waals surface area contributed by atoms with Gasteiger partial charge in [0.05, 0.1) is 7.11 Å². The van der Waals surface area contributed by atoms with E-state index in [0.29, 0.717) is 17.8 Å². The number of hydrogen-bond acceptors (Lipinski definition) is 3. The van der Waals surface area contributed by atoms with Gasteiger partial charge in [-0.3, -0.25) is 0 Å². The van der Waals surface area contributed by atoms with Gasteiger partial charge in [-0.1, -0.05) is 38.3 Å². The van der Waals surface area contributed by atoms with E-state index in [4.69, 9.17) is 4.74 Å². The summed E-state index contributed by atoms with van der Waals surface area (Å²) in [6.07, 6.45) is 6.46. The molecule has 1 aromatic heterocycles. The first-order valence-electron chi connectivity index (χ1n) is 10.6. The second-order valence-electron chi connectivity index (χ2n) is 7.57. The molecule has 0 aliphatic heterocycles. The summed E-state index contributed by atoms with van der Waals surface area (Å²) in [6, 6.07) is 13.0. The van der Waals surface area contributed by atoms with Crippen LogP contribution in [0.15, 0.2) is 54.7 Å². The standard InChI is InChI=1S/C25H28F2N2O2/c1-3-4-5-6-11-29-17-20(14-24(29)25(30)31-2)19-7-9-23(10-8-19)28-16-18-12-21(26)15-22(27)13-18/h7-10,12-15,17,28H,3-6,11,16H2,1-2H3. The molecule has 0 saturated carbocycles. The molecule has 6 heteroatoms. The van der Waals surface area contributed by atoms with Gasteiger partial charge in [0.25, 0.3) is 0 Å². The zero-order chi connectivity index (χ0) is 22.2. The number of halogens is 2. The fourth-order valence-corrected chi connectivity index (χ4v) is 3.54. The van der Waals surface area contributed by atoms with Crippen molar-refractivity contribution in [3.63, 3.8) is 0 Å². The summed E-state index contributed by atoms with van der Waals surface area (Å²) in [7, 11) is 1.39. The van der Waals surface area contributed by atoms with Gasteiger partial charge in [-0.05, 0) is 47.9 Å². The number of ether oxygens (including phenoxy) is 1. The summed E-state index contributed by atoms with van der Waals surface area (Å²) < 4.78 is 33.5. The molecule has 1 N–H and O–H groups in total. The number of esters is 1. The predicted molar refractivity (Wildman–Crippen MR) is 119 cm³/mol. The predicted octanol–water partition coefficient (Wildman–Crippen LogP) is 6.41. The molecule has 0 bridgehead atoms. The molecule has 1 heterocycles. The van der Waals surface area contributed by atoms with Crippen molar-refractivity contribution >= 4 is 11.7 Å². The van der Waals surface area contributed by atoms with Crippen molar-refractivity contribution in [1.29, 1.82) is 0 Å². The van der Waals surface area contributed by atoms with Gasteiger partial charge in [-0.25, -0.2) is 13.6 Å². The van der Waals surface area contributed by atoms with Crippen LogP contribution in [0.5, 0.6) is 0 Å². The molecule has 0 aliphatic rings. The number of anilines is 1. The summed E-state index contributed by atoms with van der Waals surface area (Å²) in [5.74, 6) is -1.53. The SMILES string of the molecule is CCCCCCn1cc(-c2ccc(NCc3cc(F)cc(F)c3)cc2)cc1C(=O)OC. The Kier molecular flexibility index (Phi) is 7.82. The minimum atomic E-state index is -0.590. The number of benzene rings is 2. The van der Waals surface area contributed by atoms with Crippen molar-refractivity contribution in [1.82, 2.24) is 4.57 Å². The number of nitrogens with zero attached hydrogens (tertiary/aromatic N) is 1. The number of aromatic nitrogens is 1. The van der Waals surface area contributed by atoms with Crippen LogP contribution in [0.25, 0.3) is 11.1 Å². The molecule has 164 valence electrons. The molecule has 0 spiro atoms. The minimum Gasteiger partial charge on any atom is -0.464 e. The molecular weight excluding hydrogens is 398 g/mol. The average Bonchev–Trinajstić information content (AvgIpc) is 3.18. The Balaban J connectivity index is 1.70. The number of methoxy groups -OCH3 is 1. The third-order valence-electron chi connectivity index (χ3n) is 5.18. The van der Waals surface area contributed by atoms with Gasteiger partial charge in [0, 0.05) is 36.6 Å². The molecule has 0 saturated heterocycles. The van der Waals surface area contributed by atoms with E-state index in [0.717, 1.165) is 48.7 Å². The van der Waals surface area contributed by atoms with Gasteiger partial charge in [0.15, 0.2) is 0 Å². The molecule has 3 aromatic rings. The van der Waals surface area contributed by atoms with E-state index in [-0.39, 0.29) is 5.97 Å². The van der Waals surface area contributed by atoms with Crippen LogP contribution in [0.4, 0.5) is 14.5 Å². The first kappa shape index (κ1) is 22.5. The van der Waals surface area contributed by atoms with Crippen LogP contribution in [0.3, 0.4) is 0 Å². The summed E-state index contributed by atoms with van der Waals surface area (Å²) in [5, 5.41) is 3.17. The quantitative estimate of drug-likeness (QED) is 0.301. The topological polar surface area (TPSA) is 43.3 Å². The van der Waals surface area contributed by atoms with E-state index in [1.54, 1.807) is 0 Å². The molecule has 0 amide bonds. The molecule has 0 atom stereocenters. The Morgan fingerprint density at radius 2 is 1.68 bits per heavy atom. The van der Waals surface area contributed by atoms with E-state index in [1.165, 1.54) is 25.7 Å². The number of nitrogens with one attached hydrogen (secondary N) is 1. The van der Waals surface area contributed by atoms with Crippen molar-refractivity contribution in [2.45, 2.75) is 45.7 Å². The first-order valence-corrected chi connectivity index (χ1v) is 10.6. The first-order chi connectivity index (χ1) is 15.0. The van der Waals surface area contributed by atoms with Gasteiger partial charge in [0.2, 0.25) is 0 Å². The van der Waals surface area contributed by atoms with E-state index in [9.17, 15) is 13.6 Å². The fourth-order valence-electron chi connectivity index (χ4n) is 3.54. The normalized spacial score (nSPS) is 10.8. The zero-order valence-corrected chi connectivity index (χ0v) is 18.0. The van der Waals surface area contributed by atoms with Crippen LogP contribution >= 0.6 is 0 Å². The highest BCUT2D eigenvalue weighted by Gasteiger charge is 2.15. The summed E-state index contributed by atoms with van der Waals surface area (Å²) in [5.41, 5.74) is 3.82. The van der Waals surface area contributed by atoms with Crippen LogP contribution in [-0.2, 0) is 17.8 Å². The minimum absolute atomic E-state index is 0.314. The Labute approximate surface area is 181 Å².